The number of halogens is 1. The van der Waals surface area contributed by atoms with E-state index in [2.05, 4.69) is 48.2 Å². The first-order chi connectivity index (χ1) is 12.8. The molecule has 0 bridgehead atoms. The zero-order chi connectivity index (χ0) is 17.9. The van der Waals surface area contributed by atoms with E-state index in [1.54, 1.807) is 12.1 Å². The van der Waals surface area contributed by atoms with E-state index in [4.69, 9.17) is 0 Å². The lowest BCUT2D eigenvalue weighted by molar-refractivity contribution is 0.173. The van der Waals surface area contributed by atoms with Crippen molar-refractivity contribution in [2.24, 2.45) is 5.92 Å². The molecule has 1 atom stereocenters. The molecule has 0 spiro atoms. The molecule has 2 aliphatic rings. The highest BCUT2D eigenvalue weighted by Crippen LogP contribution is 2.43. The number of unbranched alkanes of at least 4 members (excludes halogenated alkanes) is 1. The minimum absolute atomic E-state index is 0.123. The van der Waals surface area contributed by atoms with Gasteiger partial charge in [-0.15, -0.1) is 0 Å². The van der Waals surface area contributed by atoms with Crippen LogP contribution < -0.4 is 0 Å². The molecular weight excluding hydrogens is 321 g/mol. The third kappa shape index (κ3) is 3.48. The smallest absolute Gasteiger partial charge is 0.123 e. The maximum Gasteiger partial charge on any atom is 0.123 e. The van der Waals surface area contributed by atoms with Gasteiger partial charge in [0.2, 0.25) is 0 Å². The molecule has 0 amide bonds. The molecule has 26 heavy (non-hydrogen) atoms. The van der Waals surface area contributed by atoms with Crippen LogP contribution in [0.25, 0.3) is 12.2 Å². The standard InChI is InChI=1S/C24H28FN/c1-2-3-14-26-15-12-20(13-16-26)24-22-7-5-4-6-18(22)8-9-19-10-11-21(25)17-23(19)24/h4-11,17,20,24H,2-3,12-16H2,1H3. The van der Waals surface area contributed by atoms with E-state index in [9.17, 15) is 4.39 Å². The number of nitrogens with zero attached hydrogens (tertiary/aromatic N) is 1. The van der Waals surface area contributed by atoms with E-state index >= 15 is 0 Å². The van der Waals surface area contributed by atoms with Crippen molar-refractivity contribution in [1.82, 2.24) is 4.90 Å². The van der Waals surface area contributed by atoms with Crippen molar-refractivity contribution >= 4 is 12.2 Å². The van der Waals surface area contributed by atoms with Gasteiger partial charge in [-0.1, -0.05) is 55.8 Å². The van der Waals surface area contributed by atoms with E-state index in [0.717, 1.165) is 0 Å². The van der Waals surface area contributed by atoms with Gasteiger partial charge in [-0.3, -0.25) is 0 Å². The van der Waals surface area contributed by atoms with Crippen LogP contribution in [-0.4, -0.2) is 24.5 Å². The summed E-state index contributed by atoms with van der Waals surface area (Å²) >= 11 is 0. The van der Waals surface area contributed by atoms with Gasteiger partial charge in [-0.05, 0) is 79.2 Å². The third-order valence-electron chi connectivity index (χ3n) is 6.09. The van der Waals surface area contributed by atoms with Gasteiger partial charge in [0, 0.05) is 5.92 Å². The number of rotatable bonds is 4. The fraction of sp³-hybridized carbons (Fsp3) is 0.417. The predicted octanol–water partition coefficient (Wildman–Crippen LogP) is 5.95. The molecule has 136 valence electrons. The van der Waals surface area contributed by atoms with Crippen molar-refractivity contribution < 1.29 is 4.39 Å². The second-order valence-corrected chi connectivity index (χ2v) is 7.75. The Bertz CT molecular complexity index is 787. The van der Waals surface area contributed by atoms with E-state index in [0.29, 0.717) is 11.8 Å². The maximum absolute atomic E-state index is 14.1. The van der Waals surface area contributed by atoms with Crippen molar-refractivity contribution in [3.8, 4) is 0 Å². The van der Waals surface area contributed by atoms with E-state index in [1.807, 2.05) is 6.07 Å². The Labute approximate surface area is 156 Å². The van der Waals surface area contributed by atoms with E-state index in [-0.39, 0.29) is 5.82 Å². The van der Waals surface area contributed by atoms with Gasteiger partial charge in [0.05, 0.1) is 0 Å². The summed E-state index contributed by atoms with van der Waals surface area (Å²) < 4.78 is 14.1. The minimum Gasteiger partial charge on any atom is -0.303 e. The number of hydrogen-bond donors (Lipinski definition) is 0. The first-order valence-electron chi connectivity index (χ1n) is 10.0. The van der Waals surface area contributed by atoms with Crippen LogP contribution in [0, 0.1) is 11.7 Å². The summed E-state index contributed by atoms with van der Waals surface area (Å²) in [5.41, 5.74) is 4.97. The molecule has 2 aromatic carbocycles. The molecule has 1 aliphatic carbocycles. The Kier molecular flexibility index (Phi) is 5.21. The summed E-state index contributed by atoms with van der Waals surface area (Å²) in [6.07, 6.45) is 9.28. The SMILES string of the molecule is CCCCN1CCC(C2c3ccccc3C=Cc3ccc(F)cc32)CC1. The number of piperidine rings is 1. The summed E-state index contributed by atoms with van der Waals surface area (Å²) in [4.78, 5) is 2.60. The molecule has 2 aromatic rings. The number of benzene rings is 2. The zero-order valence-electron chi connectivity index (χ0n) is 15.6. The Hall–Kier alpha value is -1.93. The quantitative estimate of drug-likeness (QED) is 0.659. The van der Waals surface area contributed by atoms with Crippen LogP contribution in [0.5, 0.6) is 0 Å². The largest absolute Gasteiger partial charge is 0.303 e. The Morgan fingerprint density at radius 3 is 2.46 bits per heavy atom. The zero-order valence-corrected chi connectivity index (χ0v) is 15.6. The second kappa shape index (κ2) is 7.75. The Morgan fingerprint density at radius 2 is 1.69 bits per heavy atom. The fourth-order valence-corrected chi connectivity index (χ4v) is 4.66. The summed E-state index contributed by atoms with van der Waals surface area (Å²) in [6, 6.07) is 14.0. The van der Waals surface area contributed by atoms with Crippen LogP contribution in [0.2, 0.25) is 0 Å². The van der Waals surface area contributed by atoms with Gasteiger partial charge in [0.25, 0.3) is 0 Å². The summed E-state index contributed by atoms with van der Waals surface area (Å²) in [5.74, 6) is 0.747. The topological polar surface area (TPSA) is 3.24 Å². The average molecular weight is 349 g/mol. The lowest BCUT2D eigenvalue weighted by atomic mass is 9.74. The van der Waals surface area contributed by atoms with Crippen LogP contribution in [0.15, 0.2) is 42.5 Å². The van der Waals surface area contributed by atoms with Crippen LogP contribution in [0.4, 0.5) is 4.39 Å². The molecule has 1 unspecified atom stereocenters. The van der Waals surface area contributed by atoms with Crippen molar-refractivity contribution in [2.75, 3.05) is 19.6 Å². The Morgan fingerprint density at radius 1 is 0.962 bits per heavy atom. The molecule has 1 fully saturated rings. The van der Waals surface area contributed by atoms with Crippen LogP contribution in [0.1, 0.15) is 60.8 Å². The van der Waals surface area contributed by atoms with E-state index < -0.39 is 0 Å². The second-order valence-electron chi connectivity index (χ2n) is 7.75. The highest BCUT2D eigenvalue weighted by Gasteiger charge is 2.32. The lowest BCUT2D eigenvalue weighted by Gasteiger charge is -2.37. The van der Waals surface area contributed by atoms with Crippen molar-refractivity contribution in [3.05, 3.63) is 70.5 Å². The molecular formula is C24H28FN. The predicted molar refractivity (Wildman–Crippen MR) is 108 cm³/mol. The molecule has 0 radical (unpaired) electrons. The van der Waals surface area contributed by atoms with Gasteiger partial charge in [0.15, 0.2) is 0 Å². The third-order valence-corrected chi connectivity index (χ3v) is 6.09. The van der Waals surface area contributed by atoms with Crippen LogP contribution in [0.3, 0.4) is 0 Å². The molecule has 2 heteroatoms. The molecule has 0 saturated carbocycles. The van der Waals surface area contributed by atoms with Crippen LogP contribution in [-0.2, 0) is 0 Å². The molecule has 1 heterocycles. The summed E-state index contributed by atoms with van der Waals surface area (Å²) in [6.45, 7) is 5.81. The number of fused-ring (bicyclic) bond motifs is 2. The van der Waals surface area contributed by atoms with E-state index in [1.165, 1.54) is 67.6 Å². The molecule has 1 saturated heterocycles. The van der Waals surface area contributed by atoms with Crippen LogP contribution >= 0.6 is 0 Å². The minimum atomic E-state index is -0.123. The summed E-state index contributed by atoms with van der Waals surface area (Å²) in [7, 11) is 0. The maximum atomic E-state index is 14.1. The van der Waals surface area contributed by atoms with Gasteiger partial charge >= 0.3 is 0 Å². The highest BCUT2D eigenvalue weighted by molar-refractivity contribution is 5.76. The van der Waals surface area contributed by atoms with Gasteiger partial charge in [-0.25, -0.2) is 4.39 Å². The number of likely N-dealkylation sites (tertiary alicyclic amines) is 1. The number of hydrogen-bond acceptors (Lipinski definition) is 1. The van der Waals surface area contributed by atoms with Gasteiger partial charge in [0.1, 0.15) is 5.82 Å². The fourth-order valence-electron chi connectivity index (χ4n) is 4.66. The molecule has 4 rings (SSSR count). The lowest BCUT2D eigenvalue weighted by Crippen LogP contribution is -2.36. The molecule has 1 aliphatic heterocycles. The molecule has 1 nitrogen and oxygen atoms in total. The average Bonchev–Trinajstić information content (AvgIpc) is 2.83. The van der Waals surface area contributed by atoms with Crippen molar-refractivity contribution in [1.29, 1.82) is 0 Å². The van der Waals surface area contributed by atoms with Gasteiger partial charge < -0.3 is 4.90 Å². The normalized spacial score (nSPS) is 20.5. The first kappa shape index (κ1) is 17.5. The highest BCUT2D eigenvalue weighted by atomic mass is 19.1. The Balaban J connectivity index is 1.67. The van der Waals surface area contributed by atoms with Crippen molar-refractivity contribution in [2.45, 2.75) is 38.5 Å². The summed E-state index contributed by atoms with van der Waals surface area (Å²) in [5, 5.41) is 0. The monoisotopic (exact) mass is 349 g/mol. The van der Waals surface area contributed by atoms with Gasteiger partial charge in [-0.2, -0.15) is 0 Å². The first-order valence-corrected chi connectivity index (χ1v) is 10.0. The molecule has 0 aromatic heterocycles. The van der Waals surface area contributed by atoms with Crippen molar-refractivity contribution in [3.63, 3.8) is 0 Å². The molecule has 0 N–H and O–H groups in total.